The van der Waals surface area contributed by atoms with Gasteiger partial charge in [0.25, 0.3) is 11.6 Å². The molecule has 1 amide bonds. The Labute approximate surface area is 131 Å². The van der Waals surface area contributed by atoms with E-state index in [1.165, 1.54) is 37.6 Å². The number of benzene rings is 2. The average Bonchev–Trinajstić information content (AvgIpc) is 2.54. The maximum Gasteiger partial charge on any atom is 0.274 e. The van der Waals surface area contributed by atoms with Gasteiger partial charge in [-0.3, -0.25) is 24.7 Å². The highest BCUT2D eigenvalue weighted by atomic mass is 16.6. The van der Waals surface area contributed by atoms with Crippen molar-refractivity contribution < 1.29 is 19.7 Å². The molecular weight excluding hydrogens is 302 g/mol. The molecule has 0 bridgehead atoms. The molecule has 23 heavy (non-hydrogen) atoms. The summed E-state index contributed by atoms with van der Waals surface area (Å²) >= 11 is 0. The molecule has 0 saturated heterocycles. The third-order valence-electron chi connectivity index (χ3n) is 2.88. The monoisotopic (exact) mass is 315 g/mol. The topological polar surface area (TPSA) is 114 Å². The normalized spacial score (nSPS) is 10.7. The van der Waals surface area contributed by atoms with Crippen LogP contribution in [-0.4, -0.2) is 29.3 Å². The molecule has 0 aromatic heterocycles. The molecule has 0 heterocycles. The number of non-ortho nitro benzene ring substituents is 1. The molecule has 0 atom stereocenters. The second-order valence-corrected chi connectivity index (χ2v) is 4.44. The number of hydrogen-bond donors (Lipinski definition) is 2. The number of rotatable bonds is 5. The van der Waals surface area contributed by atoms with Crippen molar-refractivity contribution in [3.05, 3.63) is 63.7 Å². The molecule has 2 N–H and O–H groups in total. The van der Waals surface area contributed by atoms with Crippen LogP contribution in [0.15, 0.2) is 47.5 Å². The number of aromatic hydroxyl groups is 1. The van der Waals surface area contributed by atoms with Crippen molar-refractivity contribution in [2.75, 3.05) is 7.11 Å². The third kappa shape index (κ3) is 4.11. The van der Waals surface area contributed by atoms with Gasteiger partial charge in [0.05, 0.1) is 17.7 Å². The Morgan fingerprint density at radius 2 is 2.13 bits per heavy atom. The highest BCUT2D eigenvalue weighted by Gasteiger charge is 2.09. The number of aliphatic imine (C=N–C) groups is 1. The standard InChI is InChI=1S/C15H13N3O5/c1-23-17-15(20)10-3-2-4-12(7-10)16-9-11-8-13(18(21)22)5-6-14(11)19/h2-9,19H,1H3,(H,17,20)/b16-9+. The molecule has 0 fully saturated rings. The van der Waals surface area contributed by atoms with Gasteiger partial charge in [-0.2, -0.15) is 0 Å². The molecule has 0 aliphatic heterocycles. The zero-order valence-electron chi connectivity index (χ0n) is 12.1. The fourth-order valence-corrected chi connectivity index (χ4v) is 1.78. The first kappa shape index (κ1) is 16.1. The van der Waals surface area contributed by atoms with E-state index in [9.17, 15) is 20.0 Å². The van der Waals surface area contributed by atoms with Crippen molar-refractivity contribution >= 4 is 23.5 Å². The van der Waals surface area contributed by atoms with E-state index in [-0.39, 0.29) is 17.0 Å². The number of nitrogens with zero attached hydrogens (tertiary/aromatic N) is 2. The van der Waals surface area contributed by atoms with Crippen LogP contribution in [0, 0.1) is 10.1 Å². The van der Waals surface area contributed by atoms with Crippen LogP contribution in [0.2, 0.25) is 0 Å². The second-order valence-electron chi connectivity index (χ2n) is 4.44. The van der Waals surface area contributed by atoms with Gasteiger partial charge in [-0.05, 0) is 24.3 Å². The maximum atomic E-state index is 11.6. The zero-order valence-corrected chi connectivity index (χ0v) is 12.1. The molecule has 118 valence electrons. The summed E-state index contributed by atoms with van der Waals surface area (Å²) < 4.78 is 0. The lowest BCUT2D eigenvalue weighted by Gasteiger charge is -2.03. The Bertz CT molecular complexity index is 773. The van der Waals surface area contributed by atoms with Crippen molar-refractivity contribution in [1.82, 2.24) is 5.48 Å². The lowest BCUT2D eigenvalue weighted by Crippen LogP contribution is -2.21. The number of hydrogen-bond acceptors (Lipinski definition) is 6. The van der Waals surface area contributed by atoms with Crippen LogP contribution in [-0.2, 0) is 4.84 Å². The molecule has 2 aromatic carbocycles. The molecular formula is C15H13N3O5. The zero-order chi connectivity index (χ0) is 16.8. The Kier molecular flexibility index (Phi) is 5.00. The number of carbonyl (C=O) groups is 1. The largest absolute Gasteiger partial charge is 0.507 e. The first-order chi connectivity index (χ1) is 11.0. The van der Waals surface area contributed by atoms with E-state index in [1.807, 2.05) is 0 Å². The fourth-order valence-electron chi connectivity index (χ4n) is 1.78. The van der Waals surface area contributed by atoms with Crippen molar-refractivity contribution in [2.45, 2.75) is 0 Å². The van der Waals surface area contributed by atoms with Crippen molar-refractivity contribution in [1.29, 1.82) is 0 Å². The second kappa shape index (κ2) is 7.14. The van der Waals surface area contributed by atoms with E-state index in [4.69, 9.17) is 0 Å². The third-order valence-corrected chi connectivity index (χ3v) is 2.88. The molecule has 0 aliphatic rings. The van der Waals surface area contributed by atoms with Crippen LogP contribution in [0.4, 0.5) is 11.4 Å². The fraction of sp³-hybridized carbons (Fsp3) is 0.0667. The summed E-state index contributed by atoms with van der Waals surface area (Å²) in [6, 6.07) is 10.0. The number of carbonyl (C=O) groups excluding carboxylic acids is 1. The van der Waals surface area contributed by atoms with E-state index in [0.29, 0.717) is 11.3 Å². The summed E-state index contributed by atoms with van der Waals surface area (Å²) in [6.45, 7) is 0. The molecule has 8 nitrogen and oxygen atoms in total. The van der Waals surface area contributed by atoms with Crippen LogP contribution in [0.25, 0.3) is 0 Å². The van der Waals surface area contributed by atoms with Gasteiger partial charge < -0.3 is 5.11 Å². The molecule has 0 saturated carbocycles. The Balaban J connectivity index is 2.27. The van der Waals surface area contributed by atoms with E-state index >= 15 is 0 Å². The van der Waals surface area contributed by atoms with E-state index in [0.717, 1.165) is 0 Å². The Morgan fingerprint density at radius 1 is 1.35 bits per heavy atom. The molecule has 0 unspecified atom stereocenters. The quantitative estimate of drug-likeness (QED) is 0.499. The number of phenolic OH excluding ortho intramolecular Hbond substituents is 1. The van der Waals surface area contributed by atoms with E-state index in [2.05, 4.69) is 15.3 Å². The predicted octanol–water partition coefficient (Wildman–Crippen LogP) is 2.34. The van der Waals surface area contributed by atoms with Gasteiger partial charge in [-0.1, -0.05) is 6.07 Å². The summed E-state index contributed by atoms with van der Waals surface area (Å²) in [6.07, 6.45) is 1.29. The summed E-state index contributed by atoms with van der Waals surface area (Å²) in [5.74, 6) is -0.560. The number of nitro groups is 1. The van der Waals surface area contributed by atoms with Crippen LogP contribution < -0.4 is 5.48 Å². The van der Waals surface area contributed by atoms with Gasteiger partial charge in [0.15, 0.2) is 0 Å². The van der Waals surface area contributed by atoms with Crippen molar-refractivity contribution in [3.8, 4) is 5.75 Å². The predicted molar refractivity (Wildman–Crippen MR) is 82.9 cm³/mol. The first-order valence-electron chi connectivity index (χ1n) is 6.46. The molecule has 0 radical (unpaired) electrons. The lowest BCUT2D eigenvalue weighted by atomic mass is 10.2. The van der Waals surface area contributed by atoms with Crippen LogP contribution in [0.1, 0.15) is 15.9 Å². The van der Waals surface area contributed by atoms with Crippen LogP contribution >= 0.6 is 0 Å². The van der Waals surface area contributed by atoms with Gasteiger partial charge in [-0.25, -0.2) is 5.48 Å². The number of phenols is 1. The smallest absolute Gasteiger partial charge is 0.274 e. The minimum Gasteiger partial charge on any atom is -0.507 e. The lowest BCUT2D eigenvalue weighted by molar-refractivity contribution is -0.384. The maximum absolute atomic E-state index is 11.6. The number of nitrogens with one attached hydrogen (secondary N) is 1. The Hall–Kier alpha value is -3.26. The summed E-state index contributed by atoms with van der Waals surface area (Å²) in [5, 5.41) is 20.5. The van der Waals surface area contributed by atoms with Gasteiger partial charge in [0, 0.05) is 29.5 Å². The SMILES string of the molecule is CONC(=O)c1cccc(/N=C/c2cc([N+](=O)[O-])ccc2O)c1. The molecule has 8 heteroatoms. The summed E-state index contributed by atoms with van der Waals surface area (Å²) in [5.41, 5.74) is 3.01. The van der Waals surface area contributed by atoms with Crippen LogP contribution in [0.3, 0.4) is 0 Å². The van der Waals surface area contributed by atoms with Crippen LogP contribution in [0.5, 0.6) is 5.75 Å². The molecule has 0 spiro atoms. The summed E-state index contributed by atoms with van der Waals surface area (Å²) in [7, 11) is 1.32. The van der Waals surface area contributed by atoms with E-state index < -0.39 is 10.8 Å². The summed E-state index contributed by atoms with van der Waals surface area (Å²) in [4.78, 5) is 30.5. The average molecular weight is 315 g/mol. The number of hydroxylamine groups is 1. The van der Waals surface area contributed by atoms with Gasteiger partial charge in [-0.15, -0.1) is 0 Å². The van der Waals surface area contributed by atoms with E-state index in [1.54, 1.807) is 18.2 Å². The van der Waals surface area contributed by atoms with Crippen molar-refractivity contribution in [2.24, 2.45) is 4.99 Å². The number of nitro benzene ring substituents is 1. The molecule has 0 aliphatic carbocycles. The highest BCUT2D eigenvalue weighted by Crippen LogP contribution is 2.22. The highest BCUT2D eigenvalue weighted by molar-refractivity contribution is 5.94. The minimum atomic E-state index is -0.563. The molecule has 2 rings (SSSR count). The van der Waals surface area contributed by atoms with Gasteiger partial charge >= 0.3 is 0 Å². The van der Waals surface area contributed by atoms with Gasteiger partial charge in [0.1, 0.15) is 5.75 Å². The van der Waals surface area contributed by atoms with Gasteiger partial charge in [0.2, 0.25) is 0 Å². The number of amides is 1. The van der Waals surface area contributed by atoms with Crippen molar-refractivity contribution in [3.63, 3.8) is 0 Å². The first-order valence-corrected chi connectivity index (χ1v) is 6.46. The minimum absolute atomic E-state index is 0.132. The molecule has 2 aromatic rings. The Morgan fingerprint density at radius 3 is 2.83 bits per heavy atom.